The predicted molar refractivity (Wildman–Crippen MR) is 107 cm³/mol. The number of fused-ring (bicyclic) bond motifs is 2. The lowest BCUT2D eigenvalue weighted by molar-refractivity contribution is 0.0927. The summed E-state index contributed by atoms with van der Waals surface area (Å²) in [5, 5.41) is 0. The van der Waals surface area contributed by atoms with E-state index in [1.54, 1.807) is 0 Å². The maximum absolute atomic E-state index is 12.8. The molecule has 1 aliphatic carbocycles. The predicted octanol–water partition coefficient (Wildman–Crippen LogP) is 4.22. The highest BCUT2D eigenvalue weighted by molar-refractivity contribution is 7.83. The molecule has 2 aromatic rings. The Balaban J connectivity index is 1.48. The van der Waals surface area contributed by atoms with Crippen molar-refractivity contribution in [2.24, 2.45) is 5.92 Å². The summed E-state index contributed by atoms with van der Waals surface area (Å²) in [5.41, 5.74) is 2.57. The van der Waals surface area contributed by atoms with Gasteiger partial charge in [-0.2, -0.15) is 0 Å². The molecule has 4 heteroatoms. The molecule has 0 aromatic heterocycles. The summed E-state index contributed by atoms with van der Waals surface area (Å²) in [6.45, 7) is 5.34. The lowest BCUT2D eigenvalue weighted by atomic mass is 9.92. The van der Waals surface area contributed by atoms with Gasteiger partial charge in [0.1, 0.15) is 11.0 Å². The van der Waals surface area contributed by atoms with E-state index < -0.39 is 11.0 Å². The van der Waals surface area contributed by atoms with Gasteiger partial charge in [0.25, 0.3) is 0 Å². The Labute approximate surface area is 159 Å². The van der Waals surface area contributed by atoms with E-state index in [-0.39, 0.29) is 0 Å². The molecule has 0 radical (unpaired) electrons. The van der Waals surface area contributed by atoms with Crippen LogP contribution in [0.4, 0.5) is 0 Å². The summed E-state index contributed by atoms with van der Waals surface area (Å²) in [5.74, 6) is 0.647. The lowest BCUT2D eigenvalue weighted by Crippen LogP contribution is -2.52. The second-order valence-corrected chi connectivity index (χ2v) is 9.06. The molecule has 0 spiro atoms. The molecule has 3 nitrogen and oxygen atoms in total. The van der Waals surface area contributed by atoms with Crippen LogP contribution in [0, 0.1) is 12.8 Å². The topological polar surface area (TPSA) is 32.3 Å². The van der Waals surface area contributed by atoms with E-state index in [1.807, 2.05) is 24.3 Å². The lowest BCUT2D eigenvalue weighted by Gasteiger charge is -2.42. The van der Waals surface area contributed by atoms with Gasteiger partial charge in [0.2, 0.25) is 0 Å². The molecule has 1 heterocycles. The van der Waals surface area contributed by atoms with Gasteiger partial charge in [0.05, 0.1) is 4.90 Å². The van der Waals surface area contributed by atoms with Crippen molar-refractivity contribution in [2.45, 2.75) is 56.1 Å². The molecule has 1 unspecified atom stereocenters. The van der Waals surface area contributed by atoms with Gasteiger partial charge in [-0.25, -0.2) is 8.93 Å². The summed E-state index contributed by atoms with van der Waals surface area (Å²) < 4.78 is 16.3. The van der Waals surface area contributed by atoms with Gasteiger partial charge in [0.15, 0.2) is 0 Å². The van der Waals surface area contributed by atoms with E-state index in [2.05, 4.69) is 53.8 Å². The summed E-state index contributed by atoms with van der Waals surface area (Å²) in [6.07, 6.45) is 3.72. The number of benzene rings is 2. The third kappa shape index (κ3) is 3.64. The van der Waals surface area contributed by atoms with Crippen LogP contribution in [0.15, 0.2) is 59.5 Å². The molecule has 2 aromatic carbocycles. The Morgan fingerprint density at radius 2 is 1.81 bits per heavy atom. The van der Waals surface area contributed by atoms with Crippen molar-refractivity contribution >= 4 is 11.0 Å². The first-order chi connectivity index (χ1) is 12.6. The maximum atomic E-state index is 12.8. The van der Waals surface area contributed by atoms with E-state index in [1.165, 1.54) is 30.4 Å². The smallest absolute Gasteiger partial charge is 0.125 e. The Hall–Kier alpha value is -1.49. The van der Waals surface area contributed by atoms with E-state index >= 15 is 0 Å². The van der Waals surface area contributed by atoms with Crippen LogP contribution in [0.3, 0.4) is 0 Å². The average Bonchev–Trinajstić information content (AvgIpc) is 3.09. The van der Waals surface area contributed by atoms with Gasteiger partial charge < -0.3 is 0 Å². The minimum Gasteiger partial charge on any atom is -0.292 e. The fourth-order valence-electron chi connectivity index (χ4n) is 4.58. The summed E-state index contributed by atoms with van der Waals surface area (Å²) in [4.78, 5) is 3.50. The monoisotopic (exact) mass is 368 g/mol. The highest BCUT2D eigenvalue weighted by Crippen LogP contribution is 2.40. The molecule has 1 aliphatic heterocycles. The van der Waals surface area contributed by atoms with Crippen LogP contribution in [0.1, 0.15) is 43.4 Å². The largest absolute Gasteiger partial charge is 0.292 e. The van der Waals surface area contributed by atoms with Crippen molar-refractivity contribution in [3.8, 4) is 0 Å². The van der Waals surface area contributed by atoms with Crippen molar-refractivity contribution in [3.63, 3.8) is 0 Å². The Morgan fingerprint density at radius 3 is 2.54 bits per heavy atom. The first kappa shape index (κ1) is 17.9. The Morgan fingerprint density at radius 1 is 1.08 bits per heavy atom. The number of nitrogens with zero attached hydrogens (tertiary/aromatic N) is 1. The molecular weight excluding hydrogens is 340 g/mol. The second kappa shape index (κ2) is 7.63. The molecule has 4 rings (SSSR count). The highest BCUT2D eigenvalue weighted by atomic mass is 32.2. The maximum Gasteiger partial charge on any atom is 0.125 e. The van der Waals surface area contributed by atoms with Crippen molar-refractivity contribution in [2.75, 3.05) is 6.54 Å². The molecule has 1 saturated heterocycles. The number of likely N-dealkylation sites (tertiary alicyclic amines) is 1. The summed E-state index contributed by atoms with van der Waals surface area (Å²) >= 11 is 0. The first-order valence-electron chi connectivity index (χ1n) is 9.67. The fourth-order valence-corrected chi connectivity index (χ4v) is 5.64. The normalized spacial score (nSPS) is 28.0. The molecule has 1 saturated carbocycles. The van der Waals surface area contributed by atoms with Crippen LogP contribution in [-0.4, -0.2) is 27.7 Å². The zero-order valence-electron chi connectivity index (χ0n) is 15.6. The minimum absolute atomic E-state index is 0.294. The molecule has 2 aliphatic rings. The van der Waals surface area contributed by atoms with E-state index in [0.717, 1.165) is 11.4 Å². The Bertz CT molecular complexity index is 761. The zero-order chi connectivity index (χ0) is 18.1. The number of rotatable bonds is 5. The van der Waals surface area contributed by atoms with Crippen LogP contribution in [0.2, 0.25) is 0 Å². The third-order valence-corrected chi connectivity index (χ3v) is 7.38. The molecule has 0 amide bonds. The molecule has 138 valence electrons. The number of piperidine rings is 1. The van der Waals surface area contributed by atoms with E-state index in [0.29, 0.717) is 24.0 Å². The van der Waals surface area contributed by atoms with Crippen molar-refractivity contribution in [1.29, 1.82) is 0 Å². The highest BCUT2D eigenvalue weighted by Gasteiger charge is 2.42. The van der Waals surface area contributed by atoms with E-state index in [9.17, 15) is 4.21 Å². The molecule has 26 heavy (non-hydrogen) atoms. The fraction of sp³-hybridized carbons (Fsp3) is 0.455. The number of hydrogen-bond donors (Lipinski definition) is 1. The molecular formula is C22H28N2OS. The van der Waals surface area contributed by atoms with Crippen LogP contribution in [0.5, 0.6) is 0 Å². The van der Waals surface area contributed by atoms with Gasteiger partial charge in [-0.05, 0) is 56.7 Å². The van der Waals surface area contributed by atoms with Crippen LogP contribution in [0.25, 0.3) is 0 Å². The molecule has 2 fully saturated rings. The zero-order valence-corrected chi connectivity index (χ0v) is 16.4. The van der Waals surface area contributed by atoms with Crippen LogP contribution in [-0.2, 0) is 11.0 Å². The average molecular weight is 369 g/mol. The summed E-state index contributed by atoms with van der Waals surface area (Å²) in [7, 11) is -1.14. The quantitative estimate of drug-likeness (QED) is 0.857. The Kier molecular flexibility index (Phi) is 5.25. The minimum atomic E-state index is -1.14. The first-order valence-corrected chi connectivity index (χ1v) is 10.8. The number of hydrogen-bond acceptors (Lipinski definition) is 2. The standard InChI is InChI=1S/C22H28N2OS/c1-16-8-12-21(13-9-16)26(25)23-22-15-24(20-11-10-19(22)14-20)17(2)18-6-4-3-5-7-18/h3-9,12-13,17,19-20,22-23H,10-11,14-15H2,1-2H3/t17-,19+,20-,22+,26?/m0/s1. The van der Waals surface area contributed by atoms with E-state index in [4.69, 9.17) is 0 Å². The SMILES string of the molecule is Cc1ccc(S(=O)N[C@@H]2CN([C@@H](C)c3ccccc3)[C@H]3CC[C@@H]2C3)cc1. The van der Waals surface area contributed by atoms with Gasteiger partial charge >= 0.3 is 0 Å². The van der Waals surface area contributed by atoms with Gasteiger partial charge in [-0.1, -0.05) is 48.0 Å². The van der Waals surface area contributed by atoms with Gasteiger partial charge in [-0.15, -0.1) is 0 Å². The van der Waals surface area contributed by atoms with Crippen molar-refractivity contribution < 1.29 is 4.21 Å². The number of nitrogens with one attached hydrogen (secondary N) is 1. The van der Waals surface area contributed by atoms with Crippen molar-refractivity contribution in [1.82, 2.24) is 9.62 Å². The third-order valence-electron chi connectivity index (χ3n) is 6.16. The second-order valence-electron chi connectivity index (χ2n) is 7.82. The number of aryl methyl sites for hydroxylation is 1. The summed E-state index contributed by atoms with van der Waals surface area (Å²) in [6, 6.07) is 20.1. The van der Waals surface area contributed by atoms with Crippen molar-refractivity contribution in [3.05, 3.63) is 65.7 Å². The van der Waals surface area contributed by atoms with Crippen LogP contribution < -0.4 is 4.72 Å². The molecule has 1 N–H and O–H groups in total. The van der Waals surface area contributed by atoms with Gasteiger partial charge in [0, 0.05) is 24.7 Å². The van der Waals surface area contributed by atoms with Crippen LogP contribution >= 0.6 is 0 Å². The molecule has 5 atom stereocenters. The molecule has 2 bridgehead atoms. The van der Waals surface area contributed by atoms with Gasteiger partial charge in [-0.3, -0.25) is 4.90 Å².